The standard InChI is InChI=1S/C12H14N4O4S2/c17-12(18)9-3-4-10(21-9)22(19,20)14-5-6-16-7-13-15-11(16)8-1-2-8/h3-4,7-8,14H,1-2,5-6H2,(H,17,18). The van der Waals surface area contributed by atoms with Crippen LogP contribution in [0.2, 0.25) is 0 Å². The third-order valence-electron chi connectivity index (χ3n) is 3.29. The number of sulfonamides is 1. The molecule has 118 valence electrons. The fourth-order valence-electron chi connectivity index (χ4n) is 2.04. The molecule has 2 heterocycles. The minimum absolute atomic E-state index is 0.00364. The molecule has 0 unspecified atom stereocenters. The molecule has 3 rings (SSSR count). The first kappa shape index (κ1) is 15.1. The first-order valence-electron chi connectivity index (χ1n) is 6.68. The fraction of sp³-hybridized carbons (Fsp3) is 0.417. The van der Waals surface area contributed by atoms with Gasteiger partial charge in [0.25, 0.3) is 0 Å². The molecule has 2 N–H and O–H groups in total. The number of carboxylic acid groups (broad SMARTS) is 1. The molecule has 10 heteroatoms. The van der Waals surface area contributed by atoms with E-state index in [0.717, 1.165) is 30.0 Å². The summed E-state index contributed by atoms with van der Waals surface area (Å²) in [5.74, 6) is 0.197. The van der Waals surface area contributed by atoms with Gasteiger partial charge in [0.05, 0.1) is 0 Å². The van der Waals surface area contributed by atoms with Gasteiger partial charge in [0.15, 0.2) is 0 Å². The number of aromatic carboxylic acids is 1. The average Bonchev–Trinajstić information content (AvgIpc) is 3.00. The van der Waals surface area contributed by atoms with Gasteiger partial charge < -0.3 is 9.67 Å². The molecule has 0 saturated heterocycles. The van der Waals surface area contributed by atoms with E-state index in [1.54, 1.807) is 6.33 Å². The van der Waals surface area contributed by atoms with E-state index < -0.39 is 16.0 Å². The van der Waals surface area contributed by atoms with Gasteiger partial charge in [-0.1, -0.05) is 0 Å². The highest BCUT2D eigenvalue weighted by molar-refractivity contribution is 7.91. The first-order valence-corrected chi connectivity index (χ1v) is 8.98. The Morgan fingerprint density at radius 2 is 2.23 bits per heavy atom. The summed E-state index contributed by atoms with van der Waals surface area (Å²) in [5, 5.41) is 16.7. The summed E-state index contributed by atoms with van der Waals surface area (Å²) in [6, 6.07) is 2.58. The van der Waals surface area contributed by atoms with Crippen LogP contribution in [0, 0.1) is 0 Å². The van der Waals surface area contributed by atoms with Gasteiger partial charge in [-0.15, -0.1) is 21.5 Å². The van der Waals surface area contributed by atoms with Gasteiger partial charge in [0.2, 0.25) is 10.0 Å². The normalized spacial score (nSPS) is 15.1. The Morgan fingerprint density at radius 1 is 1.45 bits per heavy atom. The maximum Gasteiger partial charge on any atom is 0.345 e. The summed E-state index contributed by atoms with van der Waals surface area (Å²) < 4.78 is 28.5. The van der Waals surface area contributed by atoms with E-state index in [1.165, 1.54) is 12.1 Å². The van der Waals surface area contributed by atoms with Crippen molar-refractivity contribution >= 4 is 27.3 Å². The number of nitrogens with one attached hydrogen (secondary N) is 1. The van der Waals surface area contributed by atoms with Gasteiger partial charge in [-0.25, -0.2) is 17.9 Å². The predicted octanol–water partition coefficient (Wildman–Crippen LogP) is 0.894. The minimum atomic E-state index is -3.69. The fourth-order valence-corrected chi connectivity index (χ4v) is 4.26. The lowest BCUT2D eigenvalue weighted by molar-refractivity contribution is 0.0702. The largest absolute Gasteiger partial charge is 0.477 e. The molecule has 2 aromatic rings. The van der Waals surface area contributed by atoms with Gasteiger partial charge in [-0.2, -0.15) is 0 Å². The molecule has 0 atom stereocenters. The second-order valence-corrected chi connectivity index (χ2v) is 8.06. The number of nitrogens with zero attached hydrogens (tertiary/aromatic N) is 3. The zero-order valence-electron chi connectivity index (χ0n) is 11.5. The first-order chi connectivity index (χ1) is 10.5. The van der Waals surface area contributed by atoms with Crippen LogP contribution < -0.4 is 4.72 Å². The van der Waals surface area contributed by atoms with Crippen LogP contribution in [0.5, 0.6) is 0 Å². The van der Waals surface area contributed by atoms with E-state index >= 15 is 0 Å². The SMILES string of the molecule is O=C(O)c1ccc(S(=O)(=O)NCCn2cnnc2C2CC2)s1. The van der Waals surface area contributed by atoms with Crippen molar-refractivity contribution in [3.05, 3.63) is 29.2 Å². The predicted molar refractivity (Wildman–Crippen MR) is 78.5 cm³/mol. The van der Waals surface area contributed by atoms with Gasteiger partial charge in [-0.05, 0) is 25.0 Å². The molecule has 1 aliphatic rings. The number of hydrogen-bond acceptors (Lipinski definition) is 6. The summed E-state index contributed by atoms with van der Waals surface area (Å²) in [4.78, 5) is 10.8. The smallest absolute Gasteiger partial charge is 0.345 e. The van der Waals surface area contributed by atoms with E-state index in [9.17, 15) is 13.2 Å². The lowest BCUT2D eigenvalue weighted by atomic mass is 10.4. The molecule has 0 amide bonds. The topological polar surface area (TPSA) is 114 Å². The Balaban J connectivity index is 1.62. The molecule has 0 bridgehead atoms. The van der Waals surface area contributed by atoms with Crippen LogP contribution in [0.1, 0.15) is 34.3 Å². The van der Waals surface area contributed by atoms with Crippen molar-refractivity contribution in [3.63, 3.8) is 0 Å². The molecule has 22 heavy (non-hydrogen) atoms. The number of carbonyl (C=O) groups is 1. The molecule has 2 aromatic heterocycles. The molecule has 8 nitrogen and oxygen atoms in total. The van der Waals surface area contributed by atoms with E-state index in [0.29, 0.717) is 12.5 Å². The van der Waals surface area contributed by atoms with Crippen molar-refractivity contribution in [2.75, 3.05) is 6.54 Å². The third-order valence-corrected chi connectivity index (χ3v) is 6.32. The van der Waals surface area contributed by atoms with Crippen molar-refractivity contribution < 1.29 is 18.3 Å². The summed E-state index contributed by atoms with van der Waals surface area (Å²) >= 11 is 0.732. The molecule has 0 spiro atoms. The number of thiophene rings is 1. The second-order valence-electron chi connectivity index (χ2n) is 4.98. The van der Waals surface area contributed by atoms with E-state index in [1.807, 2.05) is 4.57 Å². The summed E-state index contributed by atoms with van der Waals surface area (Å²) in [6.07, 6.45) is 3.78. The maximum atomic E-state index is 12.1. The molecule has 1 aliphatic carbocycles. The van der Waals surface area contributed by atoms with Crippen molar-refractivity contribution in [1.82, 2.24) is 19.5 Å². The monoisotopic (exact) mass is 342 g/mol. The van der Waals surface area contributed by atoms with Crippen molar-refractivity contribution in [1.29, 1.82) is 0 Å². The van der Waals surface area contributed by atoms with E-state index in [4.69, 9.17) is 5.11 Å². The second kappa shape index (κ2) is 5.78. The number of hydrogen-bond donors (Lipinski definition) is 2. The number of rotatable bonds is 7. The Kier molecular flexibility index (Phi) is 3.98. The van der Waals surface area contributed by atoms with E-state index in [-0.39, 0.29) is 15.6 Å². The Morgan fingerprint density at radius 3 is 2.86 bits per heavy atom. The molecule has 1 fully saturated rings. The van der Waals surface area contributed by atoms with Crippen LogP contribution in [0.3, 0.4) is 0 Å². The van der Waals surface area contributed by atoms with Crippen molar-refractivity contribution in [3.8, 4) is 0 Å². The van der Waals surface area contributed by atoms with Gasteiger partial charge in [0, 0.05) is 19.0 Å². The lowest BCUT2D eigenvalue weighted by Crippen LogP contribution is -2.27. The van der Waals surface area contributed by atoms with Gasteiger partial charge in [0.1, 0.15) is 21.2 Å². The van der Waals surface area contributed by atoms with Crippen LogP contribution in [-0.4, -0.2) is 40.8 Å². The highest BCUT2D eigenvalue weighted by Gasteiger charge is 2.28. The van der Waals surface area contributed by atoms with E-state index in [2.05, 4.69) is 14.9 Å². The van der Waals surface area contributed by atoms with Crippen LogP contribution >= 0.6 is 11.3 Å². The zero-order valence-corrected chi connectivity index (χ0v) is 13.1. The molecular formula is C12H14N4O4S2. The maximum absolute atomic E-state index is 12.1. The summed E-state index contributed by atoms with van der Waals surface area (Å²) in [5.41, 5.74) is 0. The summed E-state index contributed by atoms with van der Waals surface area (Å²) in [6.45, 7) is 0.635. The number of aromatic nitrogens is 3. The van der Waals surface area contributed by atoms with Gasteiger partial charge in [-0.3, -0.25) is 0 Å². The van der Waals surface area contributed by atoms with Crippen LogP contribution in [0.4, 0.5) is 0 Å². The van der Waals surface area contributed by atoms with Gasteiger partial charge >= 0.3 is 5.97 Å². The Hall–Kier alpha value is -1.78. The number of carboxylic acids is 1. The zero-order chi connectivity index (χ0) is 15.7. The van der Waals surface area contributed by atoms with Crippen molar-refractivity contribution in [2.45, 2.75) is 29.5 Å². The summed E-state index contributed by atoms with van der Waals surface area (Å²) in [7, 11) is -3.69. The Bertz CT molecular complexity index is 792. The molecular weight excluding hydrogens is 328 g/mol. The van der Waals surface area contributed by atoms with Crippen LogP contribution in [0.15, 0.2) is 22.7 Å². The van der Waals surface area contributed by atoms with Crippen molar-refractivity contribution in [2.24, 2.45) is 0 Å². The Labute approximate surface area is 130 Å². The minimum Gasteiger partial charge on any atom is -0.477 e. The molecule has 1 saturated carbocycles. The molecule has 0 aliphatic heterocycles. The average molecular weight is 342 g/mol. The molecule has 0 aromatic carbocycles. The third kappa shape index (κ3) is 3.18. The molecule has 0 radical (unpaired) electrons. The lowest BCUT2D eigenvalue weighted by Gasteiger charge is -2.07. The highest BCUT2D eigenvalue weighted by atomic mass is 32.2. The van der Waals surface area contributed by atoms with Crippen LogP contribution in [0.25, 0.3) is 0 Å². The highest BCUT2D eigenvalue weighted by Crippen LogP contribution is 2.38. The quantitative estimate of drug-likeness (QED) is 0.772. The van der Waals surface area contributed by atoms with Crippen LogP contribution in [-0.2, 0) is 16.6 Å².